The summed E-state index contributed by atoms with van der Waals surface area (Å²) in [6.07, 6.45) is 1.25. The van der Waals surface area contributed by atoms with E-state index in [1.165, 1.54) is 4.90 Å². The van der Waals surface area contributed by atoms with E-state index in [1.54, 1.807) is 12.1 Å². The predicted molar refractivity (Wildman–Crippen MR) is 82.2 cm³/mol. The normalized spacial score (nSPS) is 18.4. The first-order chi connectivity index (χ1) is 9.90. The summed E-state index contributed by atoms with van der Waals surface area (Å²) in [6.45, 7) is 2.54. The Kier molecular flexibility index (Phi) is 4.96. The largest absolute Gasteiger partial charge is 0.481 e. The second-order valence-corrected chi connectivity index (χ2v) is 5.89. The molecule has 1 fully saturated rings. The number of nitrogens with one attached hydrogen (secondary N) is 1. The lowest BCUT2D eigenvalue weighted by Gasteiger charge is -2.31. The number of aliphatic carboxylic acids is 1. The molecular weight excluding hydrogens is 315 g/mol. The third-order valence-electron chi connectivity index (χ3n) is 3.57. The molecule has 0 saturated carbocycles. The highest BCUT2D eigenvalue weighted by atomic mass is 35.5. The summed E-state index contributed by atoms with van der Waals surface area (Å²) in [6, 6.07) is 3.05. The number of carboxylic acid groups (broad SMARTS) is 1. The molecule has 0 radical (unpaired) electrons. The Morgan fingerprint density at radius 3 is 2.76 bits per heavy atom. The van der Waals surface area contributed by atoms with E-state index in [2.05, 4.69) is 5.32 Å². The molecule has 1 heterocycles. The second kappa shape index (κ2) is 6.54. The van der Waals surface area contributed by atoms with Gasteiger partial charge in [-0.15, -0.1) is 0 Å². The minimum atomic E-state index is -0.876. The molecule has 0 aromatic heterocycles. The molecule has 114 valence electrons. The first kappa shape index (κ1) is 15.9. The van der Waals surface area contributed by atoms with E-state index in [1.807, 2.05) is 6.92 Å². The fourth-order valence-electron chi connectivity index (χ4n) is 2.32. The van der Waals surface area contributed by atoms with Crippen LogP contribution in [-0.4, -0.2) is 35.1 Å². The van der Waals surface area contributed by atoms with Gasteiger partial charge >= 0.3 is 12.0 Å². The van der Waals surface area contributed by atoms with Crippen molar-refractivity contribution in [1.29, 1.82) is 0 Å². The third-order valence-corrected chi connectivity index (χ3v) is 4.38. The van der Waals surface area contributed by atoms with Gasteiger partial charge < -0.3 is 15.3 Å². The third kappa shape index (κ3) is 3.60. The average molecular weight is 331 g/mol. The molecule has 2 amide bonds. The zero-order valence-corrected chi connectivity index (χ0v) is 13.0. The van der Waals surface area contributed by atoms with E-state index in [-0.39, 0.29) is 12.6 Å². The van der Waals surface area contributed by atoms with Crippen molar-refractivity contribution >= 4 is 40.9 Å². The van der Waals surface area contributed by atoms with Crippen LogP contribution in [0.3, 0.4) is 0 Å². The Balaban J connectivity index is 2.11. The fourth-order valence-corrected chi connectivity index (χ4v) is 2.79. The van der Waals surface area contributed by atoms with Crippen LogP contribution >= 0.6 is 23.2 Å². The van der Waals surface area contributed by atoms with Crippen molar-refractivity contribution in [2.24, 2.45) is 5.92 Å². The van der Waals surface area contributed by atoms with E-state index in [9.17, 15) is 9.59 Å². The van der Waals surface area contributed by atoms with Crippen molar-refractivity contribution < 1.29 is 14.7 Å². The van der Waals surface area contributed by atoms with Gasteiger partial charge in [0.2, 0.25) is 0 Å². The number of hydrogen-bond donors (Lipinski definition) is 2. The number of carboxylic acids is 1. The van der Waals surface area contributed by atoms with E-state index in [4.69, 9.17) is 28.3 Å². The molecule has 21 heavy (non-hydrogen) atoms. The lowest BCUT2D eigenvalue weighted by Crippen LogP contribution is -2.44. The fraction of sp³-hybridized carbons (Fsp3) is 0.429. The molecule has 1 saturated heterocycles. The highest BCUT2D eigenvalue weighted by Gasteiger charge is 2.28. The van der Waals surface area contributed by atoms with Crippen LogP contribution in [-0.2, 0) is 4.79 Å². The van der Waals surface area contributed by atoms with Gasteiger partial charge in [-0.05, 0) is 31.4 Å². The molecule has 0 spiro atoms. The minimum Gasteiger partial charge on any atom is -0.481 e. The standard InChI is InChI=1S/C14H16Cl2N2O3/c1-8-4-5-10(15)12(11(8)16)17-14(21)18-6-2-3-9(7-18)13(19)20/h4-5,9H,2-3,6-7H2,1H3,(H,17,21)(H,19,20)/t9-/m0/s1. The van der Waals surface area contributed by atoms with Gasteiger partial charge in [-0.1, -0.05) is 29.3 Å². The van der Waals surface area contributed by atoms with Gasteiger partial charge in [0.25, 0.3) is 0 Å². The van der Waals surface area contributed by atoms with Gasteiger partial charge in [0, 0.05) is 13.1 Å². The van der Waals surface area contributed by atoms with Crippen LogP contribution in [0.2, 0.25) is 10.0 Å². The lowest BCUT2D eigenvalue weighted by atomic mass is 9.99. The highest BCUT2D eigenvalue weighted by Crippen LogP contribution is 2.33. The second-order valence-electron chi connectivity index (χ2n) is 5.11. The Morgan fingerprint density at radius 2 is 2.10 bits per heavy atom. The molecule has 1 aromatic rings. The Morgan fingerprint density at radius 1 is 1.38 bits per heavy atom. The first-order valence-corrected chi connectivity index (χ1v) is 7.39. The summed E-state index contributed by atoms with van der Waals surface area (Å²) in [5.74, 6) is -1.40. The number of rotatable bonds is 2. The number of halogens is 2. The summed E-state index contributed by atoms with van der Waals surface area (Å²) >= 11 is 12.2. The molecule has 1 aromatic carbocycles. The number of hydrogen-bond acceptors (Lipinski definition) is 2. The number of carbonyl (C=O) groups is 2. The van der Waals surface area contributed by atoms with Crippen LogP contribution in [0.25, 0.3) is 0 Å². The van der Waals surface area contributed by atoms with Crippen LogP contribution in [0, 0.1) is 12.8 Å². The molecule has 1 atom stereocenters. The van der Waals surface area contributed by atoms with Crippen LogP contribution in [0.15, 0.2) is 12.1 Å². The van der Waals surface area contributed by atoms with Gasteiger partial charge in [-0.3, -0.25) is 4.79 Å². The van der Waals surface area contributed by atoms with Crippen LogP contribution in [0.1, 0.15) is 18.4 Å². The number of likely N-dealkylation sites (tertiary alicyclic amines) is 1. The smallest absolute Gasteiger partial charge is 0.321 e. The van der Waals surface area contributed by atoms with Crippen molar-refractivity contribution in [2.75, 3.05) is 18.4 Å². The van der Waals surface area contributed by atoms with Gasteiger partial charge in [0.15, 0.2) is 0 Å². The molecule has 0 aliphatic carbocycles. The number of aryl methyl sites for hydroxylation is 1. The van der Waals surface area contributed by atoms with E-state index < -0.39 is 11.9 Å². The number of anilines is 1. The quantitative estimate of drug-likeness (QED) is 0.869. The van der Waals surface area contributed by atoms with Crippen molar-refractivity contribution in [1.82, 2.24) is 4.90 Å². The first-order valence-electron chi connectivity index (χ1n) is 6.63. The van der Waals surface area contributed by atoms with Crippen molar-refractivity contribution in [3.8, 4) is 0 Å². The summed E-state index contributed by atoms with van der Waals surface area (Å²) in [5.41, 5.74) is 1.17. The number of benzene rings is 1. The summed E-state index contributed by atoms with van der Waals surface area (Å²) < 4.78 is 0. The zero-order valence-electron chi connectivity index (χ0n) is 11.5. The Bertz CT molecular complexity index is 578. The van der Waals surface area contributed by atoms with E-state index in [0.29, 0.717) is 35.1 Å². The van der Waals surface area contributed by atoms with Gasteiger partial charge in [-0.2, -0.15) is 0 Å². The molecule has 7 heteroatoms. The maximum atomic E-state index is 12.3. The van der Waals surface area contributed by atoms with Gasteiger partial charge in [-0.25, -0.2) is 4.79 Å². The Labute approximate surface area is 132 Å². The summed E-state index contributed by atoms with van der Waals surface area (Å²) in [7, 11) is 0. The van der Waals surface area contributed by atoms with Crippen molar-refractivity contribution in [3.05, 3.63) is 27.7 Å². The van der Waals surface area contributed by atoms with Gasteiger partial charge in [0.05, 0.1) is 21.7 Å². The van der Waals surface area contributed by atoms with Crippen LogP contribution < -0.4 is 5.32 Å². The Hall–Kier alpha value is -1.46. The van der Waals surface area contributed by atoms with Crippen molar-refractivity contribution in [2.45, 2.75) is 19.8 Å². The van der Waals surface area contributed by atoms with E-state index >= 15 is 0 Å². The number of carbonyl (C=O) groups excluding carboxylic acids is 1. The number of nitrogens with zero attached hydrogens (tertiary/aromatic N) is 1. The number of piperidine rings is 1. The highest BCUT2D eigenvalue weighted by molar-refractivity contribution is 6.40. The van der Waals surface area contributed by atoms with Crippen molar-refractivity contribution in [3.63, 3.8) is 0 Å². The topological polar surface area (TPSA) is 69.6 Å². The maximum absolute atomic E-state index is 12.3. The molecule has 0 unspecified atom stereocenters. The van der Waals surface area contributed by atoms with E-state index in [0.717, 1.165) is 5.56 Å². The summed E-state index contributed by atoms with van der Waals surface area (Å²) in [5, 5.41) is 12.5. The summed E-state index contributed by atoms with van der Waals surface area (Å²) in [4.78, 5) is 24.8. The maximum Gasteiger partial charge on any atom is 0.321 e. The molecule has 1 aliphatic rings. The van der Waals surface area contributed by atoms with Crippen LogP contribution in [0.4, 0.5) is 10.5 Å². The number of amides is 2. The predicted octanol–water partition coefficient (Wildman–Crippen LogP) is 3.63. The SMILES string of the molecule is Cc1ccc(Cl)c(NC(=O)N2CCC[C@H](C(=O)O)C2)c1Cl. The van der Waals surface area contributed by atoms with Gasteiger partial charge in [0.1, 0.15) is 0 Å². The molecular formula is C14H16Cl2N2O3. The molecule has 1 aliphatic heterocycles. The lowest BCUT2D eigenvalue weighted by molar-refractivity contribution is -0.143. The molecule has 2 N–H and O–H groups in total. The molecule has 5 nitrogen and oxygen atoms in total. The van der Waals surface area contributed by atoms with Crippen LogP contribution in [0.5, 0.6) is 0 Å². The minimum absolute atomic E-state index is 0.197. The zero-order chi connectivity index (χ0) is 15.6. The monoisotopic (exact) mass is 330 g/mol. The molecule has 0 bridgehead atoms. The number of urea groups is 1. The molecule has 2 rings (SSSR count). The average Bonchev–Trinajstić information content (AvgIpc) is 2.47.